The Bertz CT molecular complexity index is 533. The molecule has 0 radical (unpaired) electrons. The molecule has 0 aromatic heterocycles. The van der Waals surface area contributed by atoms with Crippen LogP contribution in [0.25, 0.3) is 0 Å². The third-order valence-electron chi connectivity index (χ3n) is 9.71. The maximum Gasteiger partial charge on any atom is 0.500 e. The molecular weight excluding hydrogens is 695 g/mol. The summed E-state index contributed by atoms with van der Waals surface area (Å²) in [6.45, 7) is 8.20. The molecule has 0 heterocycles. The molecule has 0 spiro atoms. The molecule has 0 saturated carbocycles. The van der Waals surface area contributed by atoms with Crippen LogP contribution < -0.4 is 0 Å². The van der Waals surface area contributed by atoms with Crippen molar-refractivity contribution in [2.24, 2.45) is 0 Å². The summed E-state index contributed by atoms with van der Waals surface area (Å²) in [5.74, 6) is 0. The van der Waals surface area contributed by atoms with Gasteiger partial charge in [0, 0.05) is 25.9 Å². The topological polar surface area (TPSA) is 27.7 Å². The molecule has 0 amide bonds. The Morgan fingerprint density at radius 2 is 0.457 bits per heavy atom. The minimum atomic E-state index is -2.42. The van der Waals surface area contributed by atoms with Crippen molar-refractivity contribution in [2.45, 2.75) is 239 Å². The zero-order valence-electron chi connectivity index (χ0n) is 32.0. The molecule has 46 heavy (non-hydrogen) atoms. The summed E-state index contributed by atoms with van der Waals surface area (Å²) in [7, 11) is -2.42. The Hall–Kier alpha value is 0.827. The molecule has 278 valence electrons. The highest BCUT2D eigenvalue weighted by Gasteiger charge is 2.39. The van der Waals surface area contributed by atoms with Crippen molar-refractivity contribution in [1.29, 1.82) is 0 Å². The molecule has 0 aliphatic heterocycles. The summed E-state index contributed by atoms with van der Waals surface area (Å²) < 4.78 is 19.3. The van der Waals surface area contributed by atoms with Gasteiger partial charge in [0.15, 0.2) is 0 Å². The van der Waals surface area contributed by atoms with Gasteiger partial charge in [-0.3, -0.25) is 0 Å². The predicted molar refractivity (Wildman–Crippen MR) is 217 cm³/mol. The van der Waals surface area contributed by atoms with Crippen molar-refractivity contribution in [1.82, 2.24) is 0 Å². The fraction of sp³-hybridized carbons (Fsp3) is 1.00. The number of rotatable bonds is 41. The van der Waals surface area contributed by atoms with Gasteiger partial charge in [-0.25, -0.2) is 0 Å². The molecule has 0 rings (SSSR count). The second kappa shape index (κ2) is 40.3. The van der Waals surface area contributed by atoms with Crippen molar-refractivity contribution in [2.75, 3.05) is 24.2 Å². The Labute approximate surface area is 306 Å². The first kappa shape index (κ1) is 46.8. The standard InChI is InChI=1S/C41H85IO3Si/c1-4-43-46(44-5-2,45-6-3)41-39-37-35-33-31-29-27-25-23-21-19-17-15-13-11-9-7-8-10-12-14-16-18-20-22-24-26-28-30-32-34-36-38-40-42/h4-41H2,1-3H3. The normalized spacial score (nSPS) is 12.0. The first-order chi connectivity index (χ1) is 22.7. The Morgan fingerprint density at radius 3 is 0.630 bits per heavy atom. The van der Waals surface area contributed by atoms with E-state index in [4.69, 9.17) is 13.3 Å². The molecular formula is C41H85IO3Si. The van der Waals surface area contributed by atoms with Gasteiger partial charge in [-0.15, -0.1) is 0 Å². The Kier molecular flexibility index (Phi) is 41.0. The van der Waals surface area contributed by atoms with E-state index in [1.54, 1.807) is 0 Å². The summed E-state index contributed by atoms with van der Waals surface area (Å²) in [5.41, 5.74) is 0. The van der Waals surface area contributed by atoms with Crippen LogP contribution >= 0.6 is 22.6 Å². The Balaban J connectivity index is 3.22. The van der Waals surface area contributed by atoms with Crippen LogP contribution in [-0.4, -0.2) is 33.1 Å². The maximum atomic E-state index is 5.98. The van der Waals surface area contributed by atoms with E-state index in [2.05, 4.69) is 22.6 Å². The second-order valence-corrected chi connectivity index (χ2v) is 17.9. The fourth-order valence-corrected chi connectivity index (χ4v) is 10.1. The molecule has 0 atom stereocenters. The number of hydrogen-bond donors (Lipinski definition) is 0. The van der Waals surface area contributed by atoms with E-state index in [0.717, 1.165) is 6.04 Å². The lowest BCUT2D eigenvalue weighted by atomic mass is 10.0. The fourth-order valence-electron chi connectivity index (χ4n) is 6.92. The van der Waals surface area contributed by atoms with E-state index in [0.29, 0.717) is 19.8 Å². The number of hydrogen-bond acceptors (Lipinski definition) is 3. The first-order valence-electron chi connectivity index (χ1n) is 21.2. The van der Waals surface area contributed by atoms with Gasteiger partial charge < -0.3 is 13.3 Å². The average Bonchev–Trinajstić information content (AvgIpc) is 3.05. The maximum absolute atomic E-state index is 5.98. The highest BCUT2D eigenvalue weighted by molar-refractivity contribution is 14.1. The molecule has 3 nitrogen and oxygen atoms in total. The van der Waals surface area contributed by atoms with Crippen LogP contribution in [0, 0.1) is 0 Å². The third-order valence-corrected chi connectivity index (χ3v) is 13.6. The smallest absolute Gasteiger partial charge is 0.374 e. The van der Waals surface area contributed by atoms with Crippen LogP contribution in [0.4, 0.5) is 0 Å². The van der Waals surface area contributed by atoms with E-state index in [1.807, 2.05) is 20.8 Å². The summed E-state index contributed by atoms with van der Waals surface area (Å²) in [6, 6.07) is 0.974. The lowest BCUT2D eigenvalue weighted by molar-refractivity contribution is 0.0706. The predicted octanol–water partition coefficient (Wildman–Crippen LogP) is 15.3. The van der Waals surface area contributed by atoms with Crippen molar-refractivity contribution in [3.05, 3.63) is 0 Å². The number of unbranched alkanes of at least 4 members (excludes halogenated alkanes) is 32. The monoisotopic (exact) mass is 781 g/mol. The van der Waals surface area contributed by atoms with Gasteiger partial charge in [-0.2, -0.15) is 0 Å². The van der Waals surface area contributed by atoms with Gasteiger partial charge in [0.1, 0.15) is 0 Å². The second-order valence-electron chi connectivity index (χ2n) is 14.1. The highest BCUT2D eigenvalue weighted by Crippen LogP contribution is 2.21. The van der Waals surface area contributed by atoms with Crippen LogP contribution in [0.2, 0.25) is 6.04 Å². The molecule has 0 aliphatic carbocycles. The lowest BCUT2D eigenvalue weighted by Crippen LogP contribution is -2.45. The quantitative estimate of drug-likeness (QED) is 0.0268. The average molecular weight is 781 g/mol. The molecule has 0 aliphatic rings. The SMILES string of the molecule is CCO[Si](CCCCCCCCCCCCCCCCCCCCCCCCCCCCCCCCCCCI)(OCC)OCC. The van der Waals surface area contributed by atoms with Gasteiger partial charge in [0.2, 0.25) is 0 Å². The van der Waals surface area contributed by atoms with Gasteiger partial charge in [-0.05, 0) is 38.0 Å². The van der Waals surface area contributed by atoms with Crippen LogP contribution in [-0.2, 0) is 13.3 Å². The Morgan fingerprint density at radius 1 is 0.283 bits per heavy atom. The third kappa shape index (κ3) is 34.7. The van der Waals surface area contributed by atoms with Crippen LogP contribution in [0.5, 0.6) is 0 Å². The minimum Gasteiger partial charge on any atom is -0.374 e. The van der Waals surface area contributed by atoms with Crippen LogP contribution in [0.3, 0.4) is 0 Å². The summed E-state index contributed by atoms with van der Waals surface area (Å²) >= 11 is 2.50. The van der Waals surface area contributed by atoms with E-state index >= 15 is 0 Å². The summed E-state index contributed by atoms with van der Waals surface area (Å²) in [5, 5.41) is 0. The lowest BCUT2D eigenvalue weighted by Gasteiger charge is -2.28. The van der Waals surface area contributed by atoms with Crippen LogP contribution in [0.15, 0.2) is 0 Å². The van der Waals surface area contributed by atoms with Crippen molar-refractivity contribution in [3.8, 4) is 0 Å². The van der Waals surface area contributed by atoms with Gasteiger partial charge >= 0.3 is 8.80 Å². The van der Waals surface area contributed by atoms with Gasteiger partial charge in [-0.1, -0.05) is 222 Å². The van der Waals surface area contributed by atoms with Crippen LogP contribution in [0.1, 0.15) is 233 Å². The molecule has 0 aromatic rings. The van der Waals surface area contributed by atoms with E-state index < -0.39 is 8.80 Å². The van der Waals surface area contributed by atoms with Crippen molar-refractivity contribution in [3.63, 3.8) is 0 Å². The molecule has 0 bridgehead atoms. The minimum absolute atomic E-state index is 0.686. The molecule has 5 heteroatoms. The number of alkyl halides is 1. The highest BCUT2D eigenvalue weighted by atomic mass is 127. The summed E-state index contributed by atoms with van der Waals surface area (Å²) in [4.78, 5) is 0. The number of halogens is 1. The van der Waals surface area contributed by atoms with E-state index in [-0.39, 0.29) is 0 Å². The zero-order chi connectivity index (χ0) is 33.5. The molecule has 0 unspecified atom stereocenters. The molecule has 0 N–H and O–H groups in total. The van der Waals surface area contributed by atoms with Crippen molar-refractivity contribution >= 4 is 31.4 Å². The summed E-state index contributed by atoms with van der Waals surface area (Å²) in [6.07, 6.45) is 47.8. The first-order valence-corrected chi connectivity index (χ1v) is 24.7. The van der Waals surface area contributed by atoms with E-state index in [1.165, 1.54) is 216 Å². The van der Waals surface area contributed by atoms with E-state index in [9.17, 15) is 0 Å². The molecule has 0 saturated heterocycles. The van der Waals surface area contributed by atoms with Crippen molar-refractivity contribution < 1.29 is 13.3 Å². The molecule has 0 fully saturated rings. The zero-order valence-corrected chi connectivity index (χ0v) is 35.1. The molecule has 0 aromatic carbocycles. The van der Waals surface area contributed by atoms with Gasteiger partial charge in [0.05, 0.1) is 0 Å². The largest absolute Gasteiger partial charge is 0.500 e. The van der Waals surface area contributed by atoms with Gasteiger partial charge in [0.25, 0.3) is 0 Å².